The van der Waals surface area contributed by atoms with E-state index < -0.39 is 23.9 Å². The highest BCUT2D eigenvalue weighted by Gasteiger charge is 2.38. The second kappa shape index (κ2) is 6.16. The van der Waals surface area contributed by atoms with Crippen molar-refractivity contribution in [2.24, 2.45) is 0 Å². The van der Waals surface area contributed by atoms with E-state index in [0.717, 1.165) is 5.56 Å². The summed E-state index contributed by atoms with van der Waals surface area (Å²) >= 11 is 0. The van der Waals surface area contributed by atoms with Crippen molar-refractivity contribution < 1.29 is 24.6 Å². The number of hydrogen-bond acceptors (Lipinski definition) is 3. The maximum absolute atomic E-state index is 12.7. The van der Waals surface area contributed by atoms with Crippen molar-refractivity contribution in [1.29, 1.82) is 0 Å². The number of carbonyl (C=O) groups excluding carboxylic acids is 1. The van der Waals surface area contributed by atoms with Crippen molar-refractivity contribution >= 4 is 23.5 Å². The molecule has 1 aliphatic rings. The fourth-order valence-corrected chi connectivity index (χ4v) is 3.02. The number of rotatable bonds is 4. The maximum atomic E-state index is 12.7. The summed E-state index contributed by atoms with van der Waals surface area (Å²) in [6.07, 6.45) is 0.0818. The molecule has 0 aromatic heterocycles. The highest BCUT2D eigenvalue weighted by atomic mass is 16.4. The van der Waals surface area contributed by atoms with Gasteiger partial charge in [0.1, 0.15) is 6.04 Å². The lowest BCUT2D eigenvalue weighted by atomic mass is 10.0. The van der Waals surface area contributed by atoms with Crippen LogP contribution in [0.2, 0.25) is 0 Å². The molecule has 6 heteroatoms. The number of aliphatic carboxylic acids is 1. The van der Waals surface area contributed by atoms with Crippen LogP contribution in [0.1, 0.15) is 21.5 Å². The highest BCUT2D eigenvalue weighted by Crippen LogP contribution is 2.32. The first-order chi connectivity index (χ1) is 11.5. The van der Waals surface area contributed by atoms with Gasteiger partial charge in [0.25, 0.3) is 0 Å². The fourth-order valence-electron chi connectivity index (χ4n) is 3.02. The molecule has 0 bridgehead atoms. The molecule has 1 amide bonds. The summed E-state index contributed by atoms with van der Waals surface area (Å²) in [6, 6.07) is 12.3. The van der Waals surface area contributed by atoms with Crippen LogP contribution < -0.4 is 4.90 Å². The zero-order chi connectivity index (χ0) is 17.3. The average Bonchev–Trinajstić information content (AvgIpc) is 2.95. The molecule has 1 heterocycles. The molecule has 0 saturated carbocycles. The van der Waals surface area contributed by atoms with Crippen LogP contribution in [0.25, 0.3) is 0 Å². The minimum atomic E-state index is -1.12. The molecule has 0 radical (unpaired) electrons. The predicted octanol–water partition coefficient (Wildman–Crippen LogP) is 1.97. The number of carboxylic acid groups (broad SMARTS) is 2. The molecule has 0 spiro atoms. The van der Waals surface area contributed by atoms with Crippen LogP contribution >= 0.6 is 0 Å². The summed E-state index contributed by atoms with van der Waals surface area (Å²) in [6.45, 7) is 0. The van der Waals surface area contributed by atoms with Gasteiger partial charge in [-0.2, -0.15) is 0 Å². The molecule has 0 saturated heterocycles. The van der Waals surface area contributed by atoms with Crippen LogP contribution in [0.5, 0.6) is 0 Å². The van der Waals surface area contributed by atoms with Crippen molar-refractivity contribution in [2.75, 3.05) is 4.90 Å². The number of amides is 1. The van der Waals surface area contributed by atoms with E-state index >= 15 is 0 Å². The van der Waals surface area contributed by atoms with Crippen LogP contribution in [0.3, 0.4) is 0 Å². The van der Waals surface area contributed by atoms with Gasteiger partial charge < -0.3 is 10.2 Å². The van der Waals surface area contributed by atoms with E-state index in [9.17, 15) is 24.6 Å². The van der Waals surface area contributed by atoms with E-state index in [1.54, 1.807) is 42.5 Å². The van der Waals surface area contributed by atoms with Gasteiger partial charge >= 0.3 is 11.9 Å². The second-order valence-electron chi connectivity index (χ2n) is 5.59. The standard InChI is InChI=1S/C18H15NO5/c20-16(10-11-5-1-3-7-13(11)17(21)22)19-14-8-4-2-6-12(14)9-15(19)18(23)24/h1-8,15H,9-10H2,(H,21,22)(H,23,24)/t15-/m0/s1. The first-order valence-corrected chi connectivity index (χ1v) is 7.43. The summed E-state index contributed by atoms with van der Waals surface area (Å²) in [4.78, 5) is 36.8. The number of anilines is 1. The molecule has 1 atom stereocenters. The van der Waals surface area contributed by atoms with Crippen molar-refractivity contribution in [1.82, 2.24) is 0 Å². The normalized spacial score (nSPS) is 15.8. The lowest BCUT2D eigenvalue weighted by molar-refractivity contribution is -0.139. The van der Waals surface area contributed by atoms with Crippen LogP contribution in [0, 0.1) is 0 Å². The van der Waals surface area contributed by atoms with Gasteiger partial charge in [-0.1, -0.05) is 36.4 Å². The van der Waals surface area contributed by atoms with E-state index in [1.807, 2.05) is 0 Å². The molecule has 3 rings (SSSR count). The van der Waals surface area contributed by atoms with Crippen molar-refractivity contribution in [3.8, 4) is 0 Å². The number of aromatic carboxylic acids is 1. The van der Waals surface area contributed by atoms with Crippen LogP contribution in [0.15, 0.2) is 48.5 Å². The summed E-state index contributed by atoms with van der Waals surface area (Å²) in [7, 11) is 0. The van der Waals surface area contributed by atoms with E-state index in [2.05, 4.69) is 0 Å². The molecule has 0 unspecified atom stereocenters. The Morgan fingerprint density at radius 3 is 2.38 bits per heavy atom. The van der Waals surface area contributed by atoms with Gasteiger partial charge in [0, 0.05) is 12.1 Å². The Balaban J connectivity index is 1.94. The highest BCUT2D eigenvalue weighted by molar-refractivity contribution is 6.03. The van der Waals surface area contributed by atoms with Gasteiger partial charge in [-0.3, -0.25) is 9.69 Å². The van der Waals surface area contributed by atoms with Gasteiger partial charge in [0.05, 0.1) is 12.0 Å². The van der Waals surface area contributed by atoms with Crippen molar-refractivity contribution in [3.05, 3.63) is 65.2 Å². The third-order valence-electron chi connectivity index (χ3n) is 4.12. The van der Waals surface area contributed by atoms with Crippen LogP contribution in [-0.4, -0.2) is 34.1 Å². The van der Waals surface area contributed by atoms with E-state index in [4.69, 9.17) is 0 Å². The van der Waals surface area contributed by atoms with Gasteiger partial charge in [-0.05, 0) is 23.3 Å². The molecule has 1 aliphatic heterocycles. The minimum absolute atomic E-state index is 0.0465. The average molecular weight is 325 g/mol. The first kappa shape index (κ1) is 15.7. The molecule has 2 aromatic rings. The molecule has 2 aromatic carbocycles. The fraction of sp³-hybridized carbons (Fsp3) is 0.167. The number of carboxylic acids is 2. The molecule has 2 N–H and O–H groups in total. The Morgan fingerprint density at radius 2 is 1.67 bits per heavy atom. The smallest absolute Gasteiger partial charge is 0.335 e. The third kappa shape index (κ3) is 2.74. The summed E-state index contributed by atoms with van der Waals surface area (Å²) in [5, 5.41) is 18.6. The van der Waals surface area contributed by atoms with Crippen molar-refractivity contribution in [2.45, 2.75) is 18.9 Å². The number of hydrogen-bond donors (Lipinski definition) is 2. The number of para-hydroxylation sites is 1. The van der Waals surface area contributed by atoms with E-state index in [-0.39, 0.29) is 18.4 Å². The Morgan fingerprint density at radius 1 is 1.00 bits per heavy atom. The Bertz CT molecular complexity index is 830. The SMILES string of the molecule is O=C(O)c1ccccc1CC(=O)N1c2ccccc2C[C@H]1C(=O)O. The Labute approximate surface area is 138 Å². The van der Waals surface area contributed by atoms with Gasteiger partial charge in [0.2, 0.25) is 5.91 Å². The maximum Gasteiger partial charge on any atom is 0.335 e. The zero-order valence-electron chi connectivity index (χ0n) is 12.7. The second-order valence-corrected chi connectivity index (χ2v) is 5.59. The quantitative estimate of drug-likeness (QED) is 0.896. The summed E-state index contributed by atoms with van der Waals surface area (Å²) in [5.74, 6) is -2.62. The number of carbonyl (C=O) groups is 3. The lowest BCUT2D eigenvalue weighted by Crippen LogP contribution is -2.43. The number of fused-ring (bicyclic) bond motifs is 1. The van der Waals surface area contributed by atoms with Crippen LogP contribution in [0.4, 0.5) is 5.69 Å². The molecule has 122 valence electrons. The van der Waals surface area contributed by atoms with Gasteiger partial charge in [0.15, 0.2) is 0 Å². The van der Waals surface area contributed by atoms with Gasteiger partial charge in [-0.25, -0.2) is 9.59 Å². The first-order valence-electron chi connectivity index (χ1n) is 7.43. The Hall–Kier alpha value is -3.15. The van der Waals surface area contributed by atoms with Crippen LogP contribution in [-0.2, 0) is 22.4 Å². The number of benzene rings is 2. The van der Waals surface area contributed by atoms with Crippen molar-refractivity contribution in [3.63, 3.8) is 0 Å². The summed E-state index contributed by atoms with van der Waals surface area (Å²) in [5.41, 5.74) is 1.78. The molecule has 0 fully saturated rings. The Kier molecular flexibility index (Phi) is 4.04. The third-order valence-corrected chi connectivity index (χ3v) is 4.12. The molecular formula is C18H15NO5. The summed E-state index contributed by atoms with van der Waals surface area (Å²) < 4.78 is 0. The van der Waals surface area contributed by atoms with E-state index in [0.29, 0.717) is 11.3 Å². The van der Waals surface area contributed by atoms with E-state index in [1.165, 1.54) is 11.0 Å². The molecule has 6 nitrogen and oxygen atoms in total. The topological polar surface area (TPSA) is 94.9 Å². The predicted molar refractivity (Wildman–Crippen MR) is 86.2 cm³/mol. The molecule has 0 aliphatic carbocycles. The molecular weight excluding hydrogens is 310 g/mol. The monoisotopic (exact) mass is 325 g/mol. The minimum Gasteiger partial charge on any atom is -0.480 e. The van der Waals surface area contributed by atoms with Gasteiger partial charge in [-0.15, -0.1) is 0 Å². The lowest BCUT2D eigenvalue weighted by Gasteiger charge is -2.23. The largest absolute Gasteiger partial charge is 0.480 e. The molecule has 24 heavy (non-hydrogen) atoms. The number of nitrogens with zero attached hydrogens (tertiary/aromatic N) is 1. The zero-order valence-corrected chi connectivity index (χ0v) is 12.7.